The van der Waals surface area contributed by atoms with Gasteiger partial charge in [-0.25, -0.2) is 0 Å². The molecule has 0 radical (unpaired) electrons. The minimum Gasteiger partial charge on any atom is -0.508 e. The summed E-state index contributed by atoms with van der Waals surface area (Å²) < 4.78 is 4.83. The lowest BCUT2D eigenvalue weighted by atomic mass is 10.2. The Morgan fingerprint density at radius 2 is 1.17 bits per heavy atom. The van der Waals surface area contributed by atoms with Crippen molar-refractivity contribution in [2.45, 2.75) is 19.8 Å². The van der Waals surface area contributed by atoms with Crippen molar-refractivity contribution in [1.82, 2.24) is 0 Å². The molecule has 7 nitrogen and oxygen atoms in total. The molecule has 0 spiro atoms. The highest BCUT2D eigenvalue weighted by Crippen LogP contribution is 2.25. The van der Waals surface area contributed by atoms with Gasteiger partial charge in [0.1, 0.15) is 11.5 Å². The van der Waals surface area contributed by atoms with Gasteiger partial charge in [0.15, 0.2) is 11.5 Å². The molecule has 0 saturated carbocycles. The number of phenolic OH excluding ortho intramolecular Hbond substituents is 3. The molecule has 0 aliphatic heterocycles. The van der Waals surface area contributed by atoms with Gasteiger partial charge in [-0.15, -0.1) is 0 Å². The van der Waals surface area contributed by atoms with E-state index in [1.165, 1.54) is 19.2 Å². The van der Waals surface area contributed by atoms with E-state index in [0.29, 0.717) is 5.75 Å². The molecular weight excluding hydrogens is 376 g/mol. The Kier molecular flexibility index (Phi) is 10.7. The lowest BCUT2D eigenvalue weighted by Gasteiger charge is -2.03. The monoisotopic (exact) mass is 402 g/mol. The van der Waals surface area contributed by atoms with E-state index < -0.39 is 0 Å². The molecule has 0 saturated heterocycles. The third-order valence-electron chi connectivity index (χ3n) is 3.64. The highest BCUT2D eigenvalue weighted by molar-refractivity contribution is 5.41. The van der Waals surface area contributed by atoms with Crippen LogP contribution in [-0.2, 0) is 19.8 Å². The summed E-state index contributed by atoms with van der Waals surface area (Å²) >= 11 is 0. The van der Waals surface area contributed by atoms with Crippen LogP contribution in [0.1, 0.15) is 16.7 Å². The fourth-order valence-electron chi connectivity index (χ4n) is 2.08. The predicted molar refractivity (Wildman–Crippen MR) is 109 cm³/mol. The van der Waals surface area contributed by atoms with Gasteiger partial charge in [-0.1, -0.05) is 30.3 Å². The van der Waals surface area contributed by atoms with Crippen LogP contribution in [0.15, 0.2) is 66.7 Å². The quantitative estimate of drug-likeness (QED) is 0.396. The topological polar surface area (TPSA) is 131 Å². The molecule has 3 rings (SSSR count). The number of rotatable bonds is 4. The van der Waals surface area contributed by atoms with Crippen molar-refractivity contribution in [3.05, 3.63) is 83.4 Å². The third-order valence-corrected chi connectivity index (χ3v) is 3.64. The number of aromatic hydroxyl groups is 3. The Labute approximate surface area is 169 Å². The predicted octanol–water partition coefficient (Wildman–Crippen LogP) is 2.66. The number of phenols is 3. The highest BCUT2D eigenvalue weighted by atomic mass is 16.5. The number of aliphatic hydroxyl groups excluding tert-OH is 3. The lowest BCUT2D eigenvalue weighted by molar-refractivity contribution is 0.280. The molecular formula is C22H26O7. The second kappa shape index (κ2) is 13.0. The minimum absolute atomic E-state index is 0.0194. The van der Waals surface area contributed by atoms with Gasteiger partial charge in [-0.2, -0.15) is 0 Å². The molecule has 0 atom stereocenters. The second-order valence-electron chi connectivity index (χ2n) is 5.82. The Bertz CT molecular complexity index is 848. The fourth-order valence-corrected chi connectivity index (χ4v) is 2.08. The van der Waals surface area contributed by atoms with Gasteiger partial charge < -0.3 is 35.4 Å². The van der Waals surface area contributed by atoms with Crippen LogP contribution < -0.4 is 4.74 Å². The summed E-state index contributed by atoms with van der Waals surface area (Å²) in [6, 6.07) is 17.7. The normalized spacial score (nSPS) is 9.52. The van der Waals surface area contributed by atoms with Gasteiger partial charge in [0, 0.05) is 0 Å². The molecule has 3 aromatic rings. The summed E-state index contributed by atoms with van der Waals surface area (Å²) in [5, 5.41) is 52.5. The maximum absolute atomic E-state index is 9.12. The molecule has 0 aliphatic carbocycles. The number of methoxy groups -OCH3 is 1. The number of ether oxygens (including phenoxy) is 1. The standard InChI is InChI=1S/C8H10O3.2C7H8O2/c1-11-8-4-6(5-9)2-3-7(8)10;8-5-6-1-3-7(9)4-2-6;8-5-6-2-1-3-7(9)4-6/h2-4,9-10H,5H2,1H3;2*1-4,8-9H,5H2. The second-order valence-corrected chi connectivity index (χ2v) is 5.82. The average molecular weight is 402 g/mol. The van der Waals surface area contributed by atoms with Crippen LogP contribution in [0.25, 0.3) is 0 Å². The molecule has 3 aromatic carbocycles. The first kappa shape index (κ1) is 23.8. The summed E-state index contributed by atoms with van der Waals surface area (Å²) in [5.74, 6) is 0.898. The molecule has 0 unspecified atom stereocenters. The van der Waals surface area contributed by atoms with Gasteiger partial charge >= 0.3 is 0 Å². The number of benzene rings is 3. The molecule has 156 valence electrons. The SMILES string of the molecule is COc1cc(CO)ccc1O.OCc1ccc(O)cc1.OCc1cccc(O)c1. The zero-order chi connectivity index (χ0) is 21.6. The first-order valence-corrected chi connectivity index (χ1v) is 8.67. The van der Waals surface area contributed by atoms with Crippen LogP contribution in [0.5, 0.6) is 23.0 Å². The molecule has 0 aliphatic rings. The van der Waals surface area contributed by atoms with E-state index in [1.807, 2.05) is 0 Å². The maximum atomic E-state index is 9.12. The average Bonchev–Trinajstić information content (AvgIpc) is 2.75. The molecule has 0 aromatic heterocycles. The van der Waals surface area contributed by atoms with E-state index in [0.717, 1.165) is 16.7 Å². The molecule has 0 fully saturated rings. The van der Waals surface area contributed by atoms with Crippen LogP contribution in [0.2, 0.25) is 0 Å². The molecule has 0 amide bonds. The first-order chi connectivity index (χ1) is 13.9. The van der Waals surface area contributed by atoms with Crippen molar-refractivity contribution in [3.8, 4) is 23.0 Å². The number of aliphatic hydroxyl groups is 3. The first-order valence-electron chi connectivity index (χ1n) is 8.67. The minimum atomic E-state index is -0.0450. The van der Waals surface area contributed by atoms with Gasteiger partial charge in [-0.05, 0) is 53.1 Å². The summed E-state index contributed by atoms with van der Waals surface area (Å²) in [5.41, 5.74) is 2.27. The van der Waals surface area contributed by atoms with Crippen molar-refractivity contribution in [2.75, 3.05) is 7.11 Å². The van der Waals surface area contributed by atoms with Gasteiger partial charge in [0.25, 0.3) is 0 Å². The van der Waals surface area contributed by atoms with E-state index in [1.54, 1.807) is 54.6 Å². The lowest BCUT2D eigenvalue weighted by Crippen LogP contribution is -1.87. The van der Waals surface area contributed by atoms with E-state index in [2.05, 4.69) is 0 Å². The van der Waals surface area contributed by atoms with Crippen LogP contribution in [0, 0.1) is 0 Å². The smallest absolute Gasteiger partial charge is 0.160 e. The largest absolute Gasteiger partial charge is 0.508 e. The maximum Gasteiger partial charge on any atom is 0.160 e. The van der Waals surface area contributed by atoms with Crippen LogP contribution in [0.4, 0.5) is 0 Å². The van der Waals surface area contributed by atoms with Crippen LogP contribution in [-0.4, -0.2) is 37.7 Å². The van der Waals surface area contributed by atoms with E-state index in [4.69, 9.17) is 35.4 Å². The fraction of sp³-hybridized carbons (Fsp3) is 0.182. The van der Waals surface area contributed by atoms with Crippen molar-refractivity contribution in [3.63, 3.8) is 0 Å². The Hall–Kier alpha value is -3.26. The Balaban J connectivity index is 0.000000219. The summed E-state index contributed by atoms with van der Waals surface area (Å²) in [4.78, 5) is 0. The zero-order valence-corrected chi connectivity index (χ0v) is 16.1. The molecule has 0 bridgehead atoms. The van der Waals surface area contributed by atoms with E-state index in [9.17, 15) is 0 Å². The van der Waals surface area contributed by atoms with E-state index >= 15 is 0 Å². The molecule has 29 heavy (non-hydrogen) atoms. The van der Waals surface area contributed by atoms with Crippen LogP contribution in [0.3, 0.4) is 0 Å². The Morgan fingerprint density at radius 3 is 1.66 bits per heavy atom. The number of hydrogen-bond acceptors (Lipinski definition) is 7. The van der Waals surface area contributed by atoms with Gasteiger partial charge in [0.05, 0.1) is 26.9 Å². The van der Waals surface area contributed by atoms with E-state index in [-0.39, 0.29) is 37.1 Å². The zero-order valence-electron chi connectivity index (χ0n) is 16.1. The summed E-state index contributed by atoms with van der Waals surface area (Å²) in [6.07, 6.45) is 0. The third kappa shape index (κ3) is 8.98. The van der Waals surface area contributed by atoms with Crippen molar-refractivity contribution in [2.24, 2.45) is 0 Å². The molecule has 6 N–H and O–H groups in total. The molecule has 0 heterocycles. The highest BCUT2D eigenvalue weighted by Gasteiger charge is 2.00. The summed E-state index contributed by atoms with van der Waals surface area (Å²) in [7, 11) is 1.47. The van der Waals surface area contributed by atoms with Crippen LogP contribution >= 0.6 is 0 Å². The van der Waals surface area contributed by atoms with Crippen molar-refractivity contribution >= 4 is 0 Å². The number of hydrogen-bond donors (Lipinski definition) is 6. The van der Waals surface area contributed by atoms with Crippen molar-refractivity contribution < 1.29 is 35.4 Å². The van der Waals surface area contributed by atoms with Crippen molar-refractivity contribution in [1.29, 1.82) is 0 Å². The summed E-state index contributed by atoms with van der Waals surface area (Å²) in [6.45, 7) is -0.0364. The molecule has 7 heteroatoms. The van der Waals surface area contributed by atoms with Gasteiger partial charge in [0.2, 0.25) is 0 Å². The Morgan fingerprint density at radius 1 is 0.621 bits per heavy atom. The van der Waals surface area contributed by atoms with Gasteiger partial charge in [-0.3, -0.25) is 0 Å².